The van der Waals surface area contributed by atoms with Crippen molar-refractivity contribution in [3.05, 3.63) is 35.4 Å². The van der Waals surface area contributed by atoms with E-state index in [-0.39, 0.29) is 11.0 Å². The second-order valence-corrected chi connectivity index (χ2v) is 2.16. The lowest BCUT2D eigenvalue weighted by Crippen LogP contribution is -1.71. The van der Waals surface area contributed by atoms with E-state index in [0.29, 0.717) is 0 Å². The SMILES string of the molecule is Cc1cccc(C)c1.[SiH4]. The van der Waals surface area contributed by atoms with Crippen LogP contribution >= 0.6 is 0 Å². The van der Waals surface area contributed by atoms with Gasteiger partial charge in [0.25, 0.3) is 0 Å². The molecule has 0 aliphatic rings. The lowest BCUT2D eigenvalue weighted by molar-refractivity contribution is 1.39. The monoisotopic (exact) mass is 138 g/mol. The van der Waals surface area contributed by atoms with Crippen molar-refractivity contribution in [1.29, 1.82) is 0 Å². The molecule has 0 amide bonds. The average molecular weight is 138 g/mol. The Balaban J connectivity index is 0.000000640. The first-order chi connectivity index (χ1) is 3.79. The summed E-state index contributed by atoms with van der Waals surface area (Å²) in [4.78, 5) is 0. The number of benzene rings is 1. The van der Waals surface area contributed by atoms with Crippen LogP contribution in [-0.2, 0) is 0 Å². The minimum atomic E-state index is 0. The van der Waals surface area contributed by atoms with Crippen LogP contribution in [0.1, 0.15) is 11.1 Å². The molecular weight excluding hydrogens is 124 g/mol. The molecule has 0 unspecified atom stereocenters. The average Bonchev–Trinajstić information content (AvgIpc) is 1.64. The van der Waals surface area contributed by atoms with E-state index in [4.69, 9.17) is 0 Å². The van der Waals surface area contributed by atoms with E-state index >= 15 is 0 Å². The quantitative estimate of drug-likeness (QED) is 0.466. The molecule has 1 aromatic carbocycles. The molecular formula is C8H14Si. The summed E-state index contributed by atoms with van der Waals surface area (Å²) < 4.78 is 0. The van der Waals surface area contributed by atoms with Gasteiger partial charge < -0.3 is 0 Å². The van der Waals surface area contributed by atoms with Crippen molar-refractivity contribution in [2.24, 2.45) is 0 Å². The van der Waals surface area contributed by atoms with Gasteiger partial charge in [-0.3, -0.25) is 0 Å². The van der Waals surface area contributed by atoms with Crippen molar-refractivity contribution < 1.29 is 0 Å². The fraction of sp³-hybridized carbons (Fsp3) is 0.250. The fourth-order valence-corrected chi connectivity index (χ4v) is 0.807. The first kappa shape index (κ1) is 8.44. The van der Waals surface area contributed by atoms with Crippen LogP contribution in [0.4, 0.5) is 0 Å². The van der Waals surface area contributed by atoms with Gasteiger partial charge in [0.1, 0.15) is 0 Å². The molecule has 1 rings (SSSR count). The molecule has 50 valence electrons. The Morgan fingerprint density at radius 2 is 1.44 bits per heavy atom. The molecule has 9 heavy (non-hydrogen) atoms. The maximum Gasteiger partial charge on any atom is -0.0149 e. The largest absolute Gasteiger partial charge is 0.0617 e. The maximum absolute atomic E-state index is 2.17. The van der Waals surface area contributed by atoms with Gasteiger partial charge in [-0.25, -0.2) is 0 Å². The third kappa shape index (κ3) is 2.47. The number of rotatable bonds is 0. The van der Waals surface area contributed by atoms with E-state index in [1.807, 2.05) is 0 Å². The summed E-state index contributed by atoms with van der Waals surface area (Å²) >= 11 is 0. The first-order valence-electron chi connectivity index (χ1n) is 2.82. The van der Waals surface area contributed by atoms with Crippen LogP contribution in [0.25, 0.3) is 0 Å². The molecule has 0 saturated carbocycles. The Kier molecular flexibility index (Phi) is 3.24. The van der Waals surface area contributed by atoms with Crippen LogP contribution in [0.3, 0.4) is 0 Å². The molecule has 0 nitrogen and oxygen atoms in total. The molecule has 0 spiro atoms. The molecule has 0 bridgehead atoms. The number of hydrogen-bond donors (Lipinski definition) is 0. The molecule has 1 aromatic rings. The summed E-state index contributed by atoms with van der Waals surface area (Å²) in [6.07, 6.45) is 0. The number of aryl methyl sites for hydroxylation is 2. The molecule has 0 N–H and O–H groups in total. The van der Waals surface area contributed by atoms with Crippen LogP contribution in [-0.4, -0.2) is 11.0 Å². The summed E-state index contributed by atoms with van der Waals surface area (Å²) in [6.45, 7) is 4.21. The zero-order chi connectivity index (χ0) is 5.98. The summed E-state index contributed by atoms with van der Waals surface area (Å²) in [5.41, 5.74) is 2.68. The van der Waals surface area contributed by atoms with Crippen molar-refractivity contribution in [3.63, 3.8) is 0 Å². The Morgan fingerprint density at radius 1 is 1.00 bits per heavy atom. The van der Waals surface area contributed by atoms with E-state index in [2.05, 4.69) is 38.1 Å². The molecule has 0 radical (unpaired) electrons. The van der Waals surface area contributed by atoms with Crippen LogP contribution in [0.15, 0.2) is 24.3 Å². The molecule has 1 heteroatoms. The molecule has 0 saturated heterocycles. The topological polar surface area (TPSA) is 0 Å². The first-order valence-corrected chi connectivity index (χ1v) is 2.82. The van der Waals surface area contributed by atoms with Crippen molar-refractivity contribution >= 4 is 11.0 Å². The Hall–Kier alpha value is -0.563. The van der Waals surface area contributed by atoms with Crippen LogP contribution in [0.5, 0.6) is 0 Å². The van der Waals surface area contributed by atoms with E-state index in [1.54, 1.807) is 0 Å². The zero-order valence-corrected chi connectivity index (χ0v) is 5.31. The van der Waals surface area contributed by atoms with Gasteiger partial charge in [0.15, 0.2) is 0 Å². The van der Waals surface area contributed by atoms with E-state index in [9.17, 15) is 0 Å². The smallest absolute Gasteiger partial charge is 0.0149 e. The third-order valence-electron chi connectivity index (χ3n) is 1.17. The lowest BCUT2D eigenvalue weighted by atomic mass is 10.2. The Morgan fingerprint density at radius 3 is 1.67 bits per heavy atom. The molecule has 0 aliphatic carbocycles. The van der Waals surface area contributed by atoms with Gasteiger partial charge in [-0.15, -0.1) is 0 Å². The van der Waals surface area contributed by atoms with Gasteiger partial charge in [-0.1, -0.05) is 35.4 Å². The highest BCUT2D eigenvalue weighted by molar-refractivity contribution is 5.75. The Labute approximate surface area is 60.9 Å². The molecule has 0 aliphatic heterocycles. The van der Waals surface area contributed by atoms with Crippen LogP contribution in [0, 0.1) is 13.8 Å². The second kappa shape index (κ2) is 3.46. The van der Waals surface area contributed by atoms with Crippen molar-refractivity contribution in [3.8, 4) is 0 Å². The highest BCUT2D eigenvalue weighted by Gasteiger charge is 1.80. The second-order valence-electron chi connectivity index (χ2n) is 2.16. The fourth-order valence-electron chi connectivity index (χ4n) is 0.807. The summed E-state index contributed by atoms with van der Waals surface area (Å²) in [5, 5.41) is 0. The van der Waals surface area contributed by atoms with Crippen molar-refractivity contribution in [2.45, 2.75) is 13.8 Å². The molecule has 0 heterocycles. The normalized spacial score (nSPS) is 8.22. The van der Waals surface area contributed by atoms with E-state index in [1.165, 1.54) is 11.1 Å². The summed E-state index contributed by atoms with van der Waals surface area (Å²) in [5.74, 6) is 0. The predicted octanol–water partition coefficient (Wildman–Crippen LogP) is 0.852. The minimum Gasteiger partial charge on any atom is -0.0617 e. The highest BCUT2D eigenvalue weighted by atomic mass is 28.1. The van der Waals surface area contributed by atoms with Crippen molar-refractivity contribution in [1.82, 2.24) is 0 Å². The molecule has 0 aromatic heterocycles. The van der Waals surface area contributed by atoms with Gasteiger partial charge >= 0.3 is 0 Å². The van der Waals surface area contributed by atoms with Gasteiger partial charge in [0.05, 0.1) is 0 Å². The predicted molar refractivity (Wildman–Crippen MR) is 47.3 cm³/mol. The standard InChI is InChI=1S/C8H10.H4Si/c1-7-4-3-5-8(2)6-7;/h3-6H,1-2H3;1H4. The summed E-state index contributed by atoms with van der Waals surface area (Å²) in [7, 11) is 0. The van der Waals surface area contributed by atoms with Gasteiger partial charge in [-0.2, -0.15) is 0 Å². The van der Waals surface area contributed by atoms with Gasteiger partial charge in [0.2, 0.25) is 0 Å². The van der Waals surface area contributed by atoms with E-state index < -0.39 is 0 Å². The van der Waals surface area contributed by atoms with Gasteiger partial charge in [-0.05, 0) is 24.8 Å². The van der Waals surface area contributed by atoms with Crippen molar-refractivity contribution in [2.75, 3.05) is 0 Å². The zero-order valence-electron chi connectivity index (χ0n) is 5.31. The highest BCUT2D eigenvalue weighted by Crippen LogP contribution is 2.00. The summed E-state index contributed by atoms with van der Waals surface area (Å²) in [6, 6.07) is 8.45. The maximum atomic E-state index is 2.17. The Bertz CT molecular complexity index is 164. The number of hydrogen-bond acceptors (Lipinski definition) is 0. The third-order valence-corrected chi connectivity index (χ3v) is 1.17. The van der Waals surface area contributed by atoms with E-state index in [0.717, 1.165) is 0 Å². The molecule has 0 fully saturated rings. The van der Waals surface area contributed by atoms with Gasteiger partial charge in [0, 0.05) is 0 Å². The lowest BCUT2D eigenvalue weighted by Gasteiger charge is -1.90. The minimum absolute atomic E-state index is 0. The van der Waals surface area contributed by atoms with Crippen LogP contribution in [0.2, 0.25) is 0 Å². The van der Waals surface area contributed by atoms with Crippen LogP contribution < -0.4 is 0 Å². The molecule has 0 atom stereocenters.